The van der Waals surface area contributed by atoms with Crippen molar-refractivity contribution >= 4 is 42.4 Å². The van der Waals surface area contributed by atoms with Crippen LogP contribution >= 0.6 is 12.4 Å². The smallest absolute Gasteiger partial charge is 0.407 e. The summed E-state index contributed by atoms with van der Waals surface area (Å²) in [5.41, 5.74) is 12.9. The Morgan fingerprint density at radius 2 is 0.859 bits per heavy atom. The number of ether oxygens (including phenoxy) is 2. The fourth-order valence-corrected chi connectivity index (χ4v) is 4.85. The first-order chi connectivity index (χ1) is 29.9. The molecule has 360 valence electrons. The van der Waals surface area contributed by atoms with Crippen LogP contribution in [0, 0.1) is 0 Å². The molecule has 0 spiro atoms. The molecule has 3 aromatic heterocycles. The molecule has 0 radical (unpaired) electrons. The predicted molar refractivity (Wildman–Crippen MR) is 253 cm³/mol. The van der Waals surface area contributed by atoms with Crippen molar-refractivity contribution in [1.29, 1.82) is 0 Å². The maximum Gasteiger partial charge on any atom is 0.407 e. The molecule has 3 heterocycles. The summed E-state index contributed by atoms with van der Waals surface area (Å²) in [6.07, 6.45) is 12.7. The number of rotatable bonds is 22. The van der Waals surface area contributed by atoms with Crippen LogP contribution in [0.1, 0.15) is 116 Å². The monoisotopic (exact) mass is 918 g/mol. The Morgan fingerprint density at radius 3 is 1.19 bits per heavy atom. The third-order valence-corrected chi connectivity index (χ3v) is 7.77. The van der Waals surface area contributed by atoms with E-state index >= 15 is 0 Å². The summed E-state index contributed by atoms with van der Waals surface area (Å²) in [5, 5.41) is 19.2. The van der Waals surface area contributed by atoms with E-state index in [0.717, 1.165) is 68.6 Å². The Bertz CT molecular complexity index is 1650. The maximum absolute atomic E-state index is 11.7. The number of nitrogens with one attached hydrogen (secondary N) is 4. The zero-order valence-corrected chi connectivity index (χ0v) is 39.7. The van der Waals surface area contributed by atoms with E-state index in [1.807, 2.05) is 81.6 Å². The molecule has 0 unspecified atom stereocenters. The molecule has 4 amide bonds. The molecule has 64 heavy (non-hydrogen) atoms. The van der Waals surface area contributed by atoms with Gasteiger partial charge >= 0.3 is 18.2 Å². The second-order valence-corrected chi connectivity index (χ2v) is 16.1. The lowest BCUT2D eigenvalue weighted by atomic mass is 10.2. The minimum Gasteiger partial charge on any atom is -0.481 e. The van der Waals surface area contributed by atoms with Crippen LogP contribution in [0.15, 0.2) is 73.2 Å². The van der Waals surface area contributed by atoms with E-state index in [9.17, 15) is 24.0 Å². The second kappa shape index (κ2) is 38.1. The summed E-state index contributed by atoms with van der Waals surface area (Å²) in [6, 6.07) is 17.6. The number of hydrogen-bond acceptors (Lipinski definition) is 12. The van der Waals surface area contributed by atoms with Crippen molar-refractivity contribution in [3.63, 3.8) is 0 Å². The molecule has 3 rings (SSSR count). The van der Waals surface area contributed by atoms with Crippen LogP contribution in [0.4, 0.5) is 9.59 Å². The zero-order valence-electron chi connectivity index (χ0n) is 38.9. The first-order valence-corrected chi connectivity index (χ1v) is 21.7. The number of nitrogens with two attached hydrogens (primary N) is 2. The van der Waals surface area contributed by atoms with Gasteiger partial charge in [-0.15, -0.1) is 12.4 Å². The molecule has 0 aliphatic carbocycles. The van der Waals surface area contributed by atoms with Crippen molar-refractivity contribution in [1.82, 2.24) is 36.2 Å². The van der Waals surface area contributed by atoms with Crippen molar-refractivity contribution in [2.75, 3.05) is 39.3 Å². The molecule has 17 nitrogen and oxygen atoms in total. The molecule has 0 aliphatic rings. The summed E-state index contributed by atoms with van der Waals surface area (Å²) < 4.78 is 10.1. The van der Waals surface area contributed by atoms with Gasteiger partial charge in [0.1, 0.15) is 11.2 Å². The van der Waals surface area contributed by atoms with Gasteiger partial charge in [-0.05, 0) is 149 Å². The molecule has 0 aliphatic heterocycles. The number of pyridine rings is 3. The standard InChI is InChI=1S/C17H27N3O3.C12H19N3O.C9H17NO4.C8H12N2.ClH/c1-17(2,3)23-16(22)20-13-7-10-15(21)19-12-6-9-14-8-4-5-11-18-14;13-8-3-7-12(16)15-10-4-6-11-5-1-2-9-14-11;1-9(2,3)14-8(13)10-6-4-5-7(11)12;9-6-3-5-8-4-1-2-7-10-8;/h4-5,8,11H,6-7,9-10,12-13H2,1-3H3,(H,19,21)(H,20,22);1-2,5,9H,3-4,6-8,10,13H2,(H,15,16);4-6H2,1-3H3,(H,10,13)(H,11,12);1-2,4,7H,3,5-6,9H2;1H. The fraction of sp³-hybridized carbons (Fsp3) is 0.565. The first-order valence-electron chi connectivity index (χ1n) is 21.7. The number of carbonyl (C=O) groups is 5. The topological polar surface area (TPSA) is 263 Å². The summed E-state index contributed by atoms with van der Waals surface area (Å²) in [7, 11) is 0. The number of halogens is 1. The molecule has 9 N–H and O–H groups in total. The fourth-order valence-electron chi connectivity index (χ4n) is 4.85. The highest BCUT2D eigenvalue weighted by atomic mass is 35.5. The molecule has 0 bridgehead atoms. The lowest BCUT2D eigenvalue weighted by molar-refractivity contribution is -0.137. The summed E-state index contributed by atoms with van der Waals surface area (Å²) in [5.74, 6) is -0.778. The van der Waals surface area contributed by atoms with E-state index in [0.29, 0.717) is 58.4 Å². The number of nitrogens with zero attached hydrogens (tertiary/aromatic N) is 3. The van der Waals surface area contributed by atoms with Crippen LogP contribution in [-0.4, -0.2) is 100 Å². The highest BCUT2D eigenvalue weighted by Crippen LogP contribution is 2.07. The Kier molecular flexibility index (Phi) is 36.1. The van der Waals surface area contributed by atoms with Crippen molar-refractivity contribution in [2.45, 2.75) is 130 Å². The third kappa shape index (κ3) is 41.9. The molecular formula is C46H76ClN9O8. The van der Waals surface area contributed by atoms with Crippen LogP contribution in [0.5, 0.6) is 0 Å². The quantitative estimate of drug-likeness (QED) is 0.0565. The van der Waals surface area contributed by atoms with Gasteiger partial charge < -0.3 is 47.3 Å². The Balaban J connectivity index is 0. The lowest BCUT2D eigenvalue weighted by Crippen LogP contribution is -2.33. The average Bonchev–Trinajstić information content (AvgIpc) is 3.23. The van der Waals surface area contributed by atoms with Crippen molar-refractivity contribution in [3.05, 3.63) is 90.3 Å². The lowest BCUT2D eigenvalue weighted by Gasteiger charge is -2.19. The number of carbonyl (C=O) groups excluding carboxylic acids is 4. The number of hydrogen-bond donors (Lipinski definition) is 7. The summed E-state index contributed by atoms with van der Waals surface area (Å²) >= 11 is 0. The number of aliphatic carboxylic acids is 1. The Hall–Kier alpha value is -5.39. The van der Waals surface area contributed by atoms with Crippen molar-refractivity contribution in [2.24, 2.45) is 11.5 Å². The maximum atomic E-state index is 11.7. The second-order valence-electron chi connectivity index (χ2n) is 16.1. The molecule has 18 heteroatoms. The predicted octanol–water partition coefficient (Wildman–Crippen LogP) is 6.08. The summed E-state index contributed by atoms with van der Waals surface area (Å²) in [6.45, 7) is 14.1. The largest absolute Gasteiger partial charge is 0.481 e. The molecule has 0 saturated carbocycles. The van der Waals surface area contributed by atoms with Crippen molar-refractivity contribution in [3.8, 4) is 0 Å². The van der Waals surface area contributed by atoms with Crippen LogP contribution < -0.4 is 32.7 Å². The van der Waals surface area contributed by atoms with Gasteiger partial charge in [0.2, 0.25) is 11.8 Å². The van der Waals surface area contributed by atoms with Gasteiger partial charge in [0.15, 0.2) is 0 Å². The number of carboxylic acid groups (broad SMARTS) is 1. The van der Waals surface area contributed by atoms with Gasteiger partial charge in [-0.25, -0.2) is 9.59 Å². The number of alkyl carbamates (subject to hydrolysis) is 2. The SMILES string of the molecule is CC(C)(C)OC(=O)NCCCC(=O)NCCCc1ccccn1.CC(C)(C)OC(=O)NCCCC(=O)O.Cl.NCCCC(=O)NCCCc1ccccn1.NCCCc1ccccn1. The molecule has 0 saturated heterocycles. The first kappa shape index (κ1) is 60.7. The summed E-state index contributed by atoms with van der Waals surface area (Å²) in [4.78, 5) is 68.1. The van der Waals surface area contributed by atoms with E-state index in [1.54, 1.807) is 33.2 Å². The van der Waals surface area contributed by atoms with Gasteiger partial charge in [0.25, 0.3) is 0 Å². The third-order valence-electron chi connectivity index (χ3n) is 7.77. The molecular weight excluding hydrogens is 842 g/mol. The van der Waals surface area contributed by atoms with Gasteiger partial charge in [0, 0.05) is 81.1 Å². The molecule has 0 atom stereocenters. The molecule has 0 aromatic carbocycles. The number of aromatic nitrogens is 3. The van der Waals surface area contributed by atoms with E-state index in [4.69, 9.17) is 26.0 Å². The Morgan fingerprint density at radius 1 is 0.516 bits per heavy atom. The van der Waals surface area contributed by atoms with E-state index in [1.165, 1.54) is 0 Å². The normalized spacial score (nSPS) is 10.3. The van der Waals surface area contributed by atoms with Crippen molar-refractivity contribution < 1.29 is 38.6 Å². The minimum absolute atomic E-state index is 0. The van der Waals surface area contributed by atoms with Crippen LogP contribution in [0.3, 0.4) is 0 Å². The highest BCUT2D eigenvalue weighted by molar-refractivity contribution is 5.85. The van der Waals surface area contributed by atoms with E-state index in [2.05, 4.69) is 36.2 Å². The number of amides is 4. The average molecular weight is 919 g/mol. The number of aryl methyl sites for hydroxylation is 3. The van der Waals surface area contributed by atoms with E-state index in [-0.39, 0.29) is 30.6 Å². The van der Waals surface area contributed by atoms with Gasteiger partial charge in [-0.1, -0.05) is 18.2 Å². The van der Waals surface area contributed by atoms with Gasteiger partial charge in [0.05, 0.1) is 0 Å². The van der Waals surface area contributed by atoms with Crippen LogP contribution in [0.2, 0.25) is 0 Å². The minimum atomic E-state index is -0.865. The Labute approximate surface area is 386 Å². The zero-order chi connectivity index (χ0) is 47.2. The molecule has 0 fully saturated rings. The van der Waals surface area contributed by atoms with Crippen LogP contribution in [-0.2, 0) is 43.1 Å². The number of carboxylic acids is 1. The highest BCUT2D eigenvalue weighted by Gasteiger charge is 2.16. The van der Waals surface area contributed by atoms with E-state index < -0.39 is 29.4 Å². The molecule has 3 aromatic rings. The van der Waals surface area contributed by atoms with Crippen LogP contribution in [0.25, 0.3) is 0 Å². The van der Waals surface area contributed by atoms with Gasteiger partial charge in [-0.3, -0.25) is 29.3 Å². The van der Waals surface area contributed by atoms with Gasteiger partial charge in [-0.2, -0.15) is 0 Å².